The van der Waals surface area contributed by atoms with Crippen LogP contribution in [0.2, 0.25) is 0 Å². The molecular formula is C7H10F2N2O. The molecule has 0 fully saturated rings. The van der Waals surface area contributed by atoms with Crippen molar-refractivity contribution in [2.45, 2.75) is 19.5 Å². The minimum Gasteiger partial charge on any atom is -0.382 e. The Balaban J connectivity index is 2.94. The van der Waals surface area contributed by atoms with Gasteiger partial charge in [-0.25, -0.2) is 8.78 Å². The number of hydrogen-bond acceptors (Lipinski definition) is 2. The van der Waals surface area contributed by atoms with Gasteiger partial charge in [-0.15, -0.1) is 0 Å². The summed E-state index contributed by atoms with van der Waals surface area (Å²) in [4.78, 5) is 0. The van der Waals surface area contributed by atoms with Crippen molar-refractivity contribution in [3.8, 4) is 0 Å². The lowest BCUT2D eigenvalue weighted by Crippen LogP contribution is -2.08. The smallest absolute Gasteiger partial charge is 0.268 e. The molecule has 0 spiro atoms. The van der Waals surface area contributed by atoms with Crippen molar-refractivity contribution in [1.29, 1.82) is 0 Å². The highest BCUT2D eigenvalue weighted by molar-refractivity contribution is 5.18. The fourth-order valence-electron chi connectivity index (χ4n) is 1.04. The molecule has 0 aliphatic rings. The van der Waals surface area contributed by atoms with E-state index in [1.165, 1.54) is 10.9 Å². The van der Waals surface area contributed by atoms with Crippen molar-refractivity contribution < 1.29 is 13.9 Å². The van der Waals surface area contributed by atoms with E-state index in [0.717, 1.165) is 0 Å². The number of nitrogens with zero attached hydrogens (tertiary/aromatic N) is 2. The van der Waals surface area contributed by atoms with Crippen LogP contribution < -0.4 is 0 Å². The van der Waals surface area contributed by atoms with Gasteiger partial charge >= 0.3 is 0 Å². The van der Waals surface area contributed by atoms with E-state index in [1.807, 2.05) is 0 Å². The number of halogens is 2. The molecule has 1 N–H and O–H groups in total. The Bertz CT molecular complexity index is 272. The summed E-state index contributed by atoms with van der Waals surface area (Å²) in [6.45, 7) is 1.58. The van der Waals surface area contributed by atoms with E-state index in [1.54, 1.807) is 14.0 Å². The molecular weight excluding hydrogens is 166 g/mol. The Labute approximate surface area is 68.6 Å². The summed E-state index contributed by atoms with van der Waals surface area (Å²) in [7, 11) is 1.62. The van der Waals surface area contributed by atoms with Crippen molar-refractivity contribution in [1.82, 2.24) is 9.78 Å². The third-order valence-corrected chi connectivity index (χ3v) is 1.61. The molecule has 0 unspecified atom stereocenters. The standard InChI is InChI=1S/C7H10F2N2O/c1-4-5(3-11(2)10-4)6(12)7(8)9/h3,6-7,12H,1-2H3/t6-/m0/s1. The minimum absolute atomic E-state index is 0.188. The molecule has 5 heteroatoms. The summed E-state index contributed by atoms with van der Waals surface area (Å²) < 4.78 is 25.4. The fourth-order valence-corrected chi connectivity index (χ4v) is 1.04. The zero-order valence-corrected chi connectivity index (χ0v) is 6.83. The lowest BCUT2D eigenvalue weighted by atomic mass is 10.1. The van der Waals surface area contributed by atoms with Crippen LogP contribution in [0.4, 0.5) is 8.78 Å². The highest BCUT2D eigenvalue weighted by Crippen LogP contribution is 2.22. The van der Waals surface area contributed by atoms with Crippen LogP contribution in [0.5, 0.6) is 0 Å². The second-order valence-corrected chi connectivity index (χ2v) is 2.62. The Hall–Kier alpha value is -0.970. The molecule has 1 aromatic heterocycles. The summed E-state index contributed by atoms with van der Waals surface area (Å²) in [6.07, 6.45) is -3.09. The van der Waals surface area contributed by atoms with Gasteiger partial charge in [0.05, 0.1) is 5.69 Å². The Morgan fingerprint density at radius 2 is 2.17 bits per heavy atom. The average Bonchev–Trinajstić information content (AvgIpc) is 2.28. The maximum Gasteiger partial charge on any atom is 0.268 e. The number of aliphatic hydroxyl groups is 1. The normalized spacial score (nSPS) is 13.8. The summed E-state index contributed by atoms with van der Waals surface area (Å²) >= 11 is 0. The number of alkyl halides is 2. The fraction of sp³-hybridized carbons (Fsp3) is 0.571. The monoisotopic (exact) mass is 176 g/mol. The van der Waals surface area contributed by atoms with Gasteiger partial charge in [-0.2, -0.15) is 5.10 Å². The highest BCUT2D eigenvalue weighted by Gasteiger charge is 2.22. The predicted molar refractivity (Wildman–Crippen MR) is 38.9 cm³/mol. The van der Waals surface area contributed by atoms with Crippen LogP contribution in [-0.4, -0.2) is 21.3 Å². The minimum atomic E-state index is -2.76. The van der Waals surface area contributed by atoms with Crippen LogP contribution in [0.15, 0.2) is 6.20 Å². The molecule has 12 heavy (non-hydrogen) atoms. The van der Waals surface area contributed by atoms with Gasteiger partial charge in [0, 0.05) is 18.8 Å². The van der Waals surface area contributed by atoms with Crippen LogP contribution >= 0.6 is 0 Å². The molecule has 1 aromatic rings. The maximum absolute atomic E-state index is 12.0. The maximum atomic E-state index is 12.0. The Morgan fingerprint density at radius 3 is 2.50 bits per heavy atom. The van der Waals surface area contributed by atoms with Crippen molar-refractivity contribution in [2.75, 3.05) is 0 Å². The van der Waals surface area contributed by atoms with E-state index in [2.05, 4.69) is 5.10 Å². The molecule has 0 saturated carbocycles. The average molecular weight is 176 g/mol. The summed E-state index contributed by atoms with van der Waals surface area (Å²) in [5.41, 5.74) is 0.623. The van der Waals surface area contributed by atoms with Gasteiger partial charge in [-0.3, -0.25) is 4.68 Å². The zero-order chi connectivity index (χ0) is 9.30. The zero-order valence-electron chi connectivity index (χ0n) is 6.83. The largest absolute Gasteiger partial charge is 0.382 e. The number of aromatic nitrogens is 2. The van der Waals surface area contributed by atoms with Gasteiger partial charge in [-0.1, -0.05) is 0 Å². The van der Waals surface area contributed by atoms with Gasteiger partial charge in [0.1, 0.15) is 6.10 Å². The molecule has 0 aliphatic heterocycles. The molecule has 1 rings (SSSR count). The Kier molecular flexibility index (Phi) is 2.42. The summed E-state index contributed by atoms with van der Waals surface area (Å²) in [6, 6.07) is 0. The lowest BCUT2D eigenvalue weighted by molar-refractivity contribution is -0.00616. The molecule has 3 nitrogen and oxygen atoms in total. The van der Waals surface area contributed by atoms with Gasteiger partial charge in [0.2, 0.25) is 0 Å². The van der Waals surface area contributed by atoms with Crippen LogP contribution in [0.1, 0.15) is 17.4 Å². The summed E-state index contributed by atoms with van der Waals surface area (Å²) in [5.74, 6) is 0. The lowest BCUT2D eigenvalue weighted by Gasteiger charge is -2.06. The van der Waals surface area contributed by atoms with Gasteiger partial charge in [-0.05, 0) is 6.92 Å². The molecule has 0 saturated heterocycles. The quantitative estimate of drug-likeness (QED) is 0.730. The first-order valence-electron chi connectivity index (χ1n) is 3.48. The van der Waals surface area contributed by atoms with E-state index in [0.29, 0.717) is 5.69 Å². The number of aliphatic hydroxyl groups excluding tert-OH is 1. The third kappa shape index (κ3) is 1.61. The molecule has 0 amide bonds. The second kappa shape index (κ2) is 3.18. The summed E-state index contributed by atoms with van der Waals surface area (Å²) in [5, 5.41) is 12.8. The van der Waals surface area contributed by atoms with E-state index < -0.39 is 12.5 Å². The number of rotatable bonds is 2. The van der Waals surface area contributed by atoms with Crippen molar-refractivity contribution in [3.63, 3.8) is 0 Å². The van der Waals surface area contributed by atoms with E-state index in [4.69, 9.17) is 5.11 Å². The first kappa shape index (κ1) is 9.12. The molecule has 0 aliphatic carbocycles. The highest BCUT2D eigenvalue weighted by atomic mass is 19.3. The van der Waals surface area contributed by atoms with E-state index in [9.17, 15) is 8.78 Å². The van der Waals surface area contributed by atoms with Crippen LogP contribution in [0.3, 0.4) is 0 Å². The van der Waals surface area contributed by atoms with Crippen LogP contribution in [0.25, 0.3) is 0 Å². The molecule has 1 atom stereocenters. The van der Waals surface area contributed by atoms with E-state index in [-0.39, 0.29) is 5.56 Å². The molecule has 0 bridgehead atoms. The Morgan fingerprint density at radius 1 is 1.58 bits per heavy atom. The molecule has 68 valence electrons. The third-order valence-electron chi connectivity index (χ3n) is 1.61. The second-order valence-electron chi connectivity index (χ2n) is 2.62. The molecule has 0 aromatic carbocycles. The SMILES string of the molecule is Cc1nn(C)cc1[C@H](O)C(F)F. The molecule has 0 radical (unpaired) electrons. The van der Waals surface area contributed by atoms with Gasteiger partial charge in [0.15, 0.2) is 0 Å². The molecule has 1 heterocycles. The van der Waals surface area contributed by atoms with Crippen molar-refractivity contribution in [2.24, 2.45) is 7.05 Å². The number of hydrogen-bond donors (Lipinski definition) is 1. The van der Waals surface area contributed by atoms with Crippen molar-refractivity contribution >= 4 is 0 Å². The van der Waals surface area contributed by atoms with Crippen LogP contribution in [0, 0.1) is 6.92 Å². The van der Waals surface area contributed by atoms with E-state index >= 15 is 0 Å². The topological polar surface area (TPSA) is 38.0 Å². The van der Waals surface area contributed by atoms with Gasteiger partial charge < -0.3 is 5.11 Å². The van der Waals surface area contributed by atoms with Crippen molar-refractivity contribution in [3.05, 3.63) is 17.5 Å². The first-order chi connectivity index (χ1) is 5.52. The number of aryl methyl sites for hydroxylation is 2. The first-order valence-corrected chi connectivity index (χ1v) is 3.48. The predicted octanol–water partition coefficient (Wildman–Crippen LogP) is 1.03. The van der Waals surface area contributed by atoms with Gasteiger partial charge in [0.25, 0.3) is 6.43 Å². The van der Waals surface area contributed by atoms with Crippen LogP contribution in [-0.2, 0) is 7.05 Å².